The van der Waals surface area contributed by atoms with Crippen LogP contribution in [0.2, 0.25) is 0 Å². The Labute approximate surface area is 152 Å². The Kier molecular flexibility index (Phi) is 4.57. The van der Waals surface area contributed by atoms with Gasteiger partial charge in [-0.3, -0.25) is 9.78 Å². The fraction of sp³-hybridized carbons (Fsp3) is 0.333. The Morgan fingerprint density at radius 3 is 2.88 bits per heavy atom. The van der Waals surface area contributed by atoms with E-state index in [4.69, 9.17) is 4.74 Å². The molecule has 0 saturated carbocycles. The van der Waals surface area contributed by atoms with Gasteiger partial charge >= 0.3 is 0 Å². The highest BCUT2D eigenvalue weighted by Gasteiger charge is 2.52. The normalized spacial score (nSPS) is 28.3. The minimum atomic E-state index is -0.660. The molecule has 0 bridgehead atoms. The summed E-state index contributed by atoms with van der Waals surface area (Å²) in [5.74, 6) is 0.142. The molecule has 5 heteroatoms. The molecule has 2 aliphatic heterocycles. The van der Waals surface area contributed by atoms with Crippen LogP contribution in [0.4, 0.5) is 0 Å². The average Bonchev–Trinajstić information content (AvgIpc) is 3.26. The average molecular weight is 350 g/mol. The minimum Gasteiger partial charge on any atom is -0.388 e. The van der Waals surface area contributed by atoms with Crippen molar-refractivity contribution in [2.45, 2.75) is 24.0 Å². The van der Waals surface area contributed by atoms with Gasteiger partial charge in [0.15, 0.2) is 0 Å². The van der Waals surface area contributed by atoms with Gasteiger partial charge in [-0.1, -0.05) is 36.4 Å². The molecule has 1 aromatic carbocycles. The highest BCUT2D eigenvalue weighted by molar-refractivity contribution is 5.92. The molecular formula is C21H22N2O3. The maximum atomic E-state index is 12.5. The number of rotatable bonds is 3. The molecule has 1 amide bonds. The van der Waals surface area contributed by atoms with E-state index in [-0.39, 0.29) is 11.8 Å². The molecule has 2 aromatic rings. The van der Waals surface area contributed by atoms with Crippen LogP contribution in [-0.4, -0.2) is 52.3 Å². The number of benzene rings is 1. The maximum Gasteiger partial charge on any atom is 0.246 e. The van der Waals surface area contributed by atoms with Crippen molar-refractivity contribution in [3.8, 4) is 0 Å². The number of pyridine rings is 1. The van der Waals surface area contributed by atoms with Crippen LogP contribution < -0.4 is 0 Å². The molecule has 2 aliphatic rings. The molecule has 3 heterocycles. The number of hydrogen-bond donors (Lipinski definition) is 1. The first-order valence-corrected chi connectivity index (χ1v) is 8.90. The SMILES string of the molecule is O=C(/C=C/c1cccnc1)N1C[C@@H](O)[C@@]2(C[C@@H](c3ccccc3)CO2)C1. The summed E-state index contributed by atoms with van der Waals surface area (Å²) in [7, 11) is 0. The molecule has 0 radical (unpaired) electrons. The van der Waals surface area contributed by atoms with Crippen LogP contribution in [0.3, 0.4) is 0 Å². The Balaban J connectivity index is 1.43. The van der Waals surface area contributed by atoms with Gasteiger partial charge in [-0.15, -0.1) is 0 Å². The molecule has 4 rings (SSSR count). The third-order valence-corrected chi connectivity index (χ3v) is 5.31. The van der Waals surface area contributed by atoms with Crippen LogP contribution in [0.25, 0.3) is 6.08 Å². The van der Waals surface area contributed by atoms with Crippen molar-refractivity contribution >= 4 is 12.0 Å². The van der Waals surface area contributed by atoms with Crippen LogP contribution >= 0.6 is 0 Å². The zero-order chi connectivity index (χ0) is 18.0. The molecule has 134 valence electrons. The fourth-order valence-corrected chi connectivity index (χ4v) is 3.87. The lowest BCUT2D eigenvalue weighted by molar-refractivity contribution is -0.126. The summed E-state index contributed by atoms with van der Waals surface area (Å²) in [6.45, 7) is 1.31. The molecule has 1 aromatic heterocycles. The maximum absolute atomic E-state index is 12.5. The van der Waals surface area contributed by atoms with Crippen LogP contribution in [-0.2, 0) is 9.53 Å². The van der Waals surface area contributed by atoms with E-state index in [0.29, 0.717) is 19.7 Å². The van der Waals surface area contributed by atoms with Crippen molar-refractivity contribution in [3.63, 3.8) is 0 Å². The van der Waals surface area contributed by atoms with E-state index in [2.05, 4.69) is 17.1 Å². The zero-order valence-electron chi connectivity index (χ0n) is 14.5. The predicted octanol–water partition coefficient (Wildman–Crippen LogP) is 2.24. The fourth-order valence-electron chi connectivity index (χ4n) is 3.87. The standard InChI is InChI=1S/C21H22N2O3/c24-19-13-23(20(25)9-8-16-5-4-10-22-12-16)15-21(19)11-18(14-26-21)17-6-2-1-3-7-17/h1-10,12,18-19,24H,11,13-15H2/b9-8+/t18-,19-,21-/m1/s1. The molecule has 1 N–H and O–H groups in total. The van der Waals surface area contributed by atoms with E-state index < -0.39 is 11.7 Å². The topological polar surface area (TPSA) is 62.7 Å². The van der Waals surface area contributed by atoms with Crippen molar-refractivity contribution in [2.75, 3.05) is 19.7 Å². The van der Waals surface area contributed by atoms with E-state index in [0.717, 1.165) is 12.0 Å². The van der Waals surface area contributed by atoms with Crippen molar-refractivity contribution in [3.05, 3.63) is 72.1 Å². The minimum absolute atomic E-state index is 0.114. The summed E-state index contributed by atoms with van der Waals surface area (Å²) in [6, 6.07) is 13.9. The second-order valence-electron chi connectivity index (χ2n) is 7.04. The predicted molar refractivity (Wildman–Crippen MR) is 98.3 cm³/mol. The molecular weight excluding hydrogens is 328 g/mol. The van der Waals surface area contributed by atoms with Crippen molar-refractivity contribution < 1.29 is 14.6 Å². The van der Waals surface area contributed by atoms with E-state index in [1.54, 1.807) is 23.4 Å². The first kappa shape index (κ1) is 16.9. The quantitative estimate of drug-likeness (QED) is 0.863. The van der Waals surface area contributed by atoms with Gasteiger partial charge < -0.3 is 14.7 Å². The van der Waals surface area contributed by atoms with Gasteiger partial charge in [-0.25, -0.2) is 0 Å². The first-order valence-electron chi connectivity index (χ1n) is 8.90. The van der Waals surface area contributed by atoms with Gasteiger partial charge in [0, 0.05) is 30.9 Å². The van der Waals surface area contributed by atoms with Crippen LogP contribution in [0, 0.1) is 0 Å². The number of aromatic nitrogens is 1. The van der Waals surface area contributed by atoms with E-state index >= 15 is 0 Å². The van der Waals surface area contributed by atoms with Gasteiger partial charge in [0.25, 0.3) is 0 Å². The third kappa shape index (κ3) is 3.28. The smallest absolute Gasteiger partial charge is 0.246 e. The number of carbonyl (C=O) groups excluding carboxylic acids is 1. The van der Waals surface area contributed by atoms with Crippen molar-refractivity contribution in [1.82, 2.24) is 9.88 Å². The second kappa shape index (κ2) is 7.02. The van der Waals surface area contributed by atoms with Gasteiger partial charge in [-0.05, 0) is 29.7 Å². The number of amides is 1. The summed E-state index contributed by atoms with van der Waals surface area (Å²) < 4.78 is 6.05. The summed E-state index contributed by atoms with van der Waals surface area (Å²) in [5.41, 5.74) is 1.44. The molecule has 5 nitrogen and oxygen atoms in total. The largest absolute Gasteiger partial charge is 0.388 e. The molecule has 0 unspecified atom stereocenters. The van der Waals surface area contributed by atoms with Crippen LogP contribution in [0.1, 0.15) is 23.5 Å². The Morgan fingerprint density at radius 1 is 1.27 bits per heavy atom. The lowest BCUT2D eigenvalue weighted by Gasteiger charge is -2.25. The summed E-state index contributed by atoms with van der Waals surface area (Å²) in [5, 5.41) is 10.6. The van der Waals surface area contributed by atoms with Crippen LogP contribution in [0.5, 0.6) is 0 Å². The molecule has 0 aliphatic carbocycles. The van der Waals surface area contributed by atoms with Crippen molar-refractivity contribution in [1.29, 1.82) is 0 Å². The molecule has 3 atom stereocenters. The van der Waals surface area contributed by atoms with Gasteiger partial charge in [0.1, 0.15) is 11.7 Å². The van der Waals surface area contributed by atoms with Gasteiger partial charge in [-0.2, -0.15) is 0 Å². The highest BCUT2D eigenvalue weighted by Crippen LogP contribution is 2.42. The number of ether oxygens (including phenoxy) is 1. The number of aliphatic hydroxyl groups is 1. The molecule has 2 fully saturated rings. The van der Waals surface area contributed by atoms with Crippen molar-refractivity contribution in [2.24, 2.45) is 0 Å². The van der Waals surface area contributed by atoms with E-state index in [1.807, 2.05) is 30.3 Å². The summed E-state index contributed by atoms with van der Waals surface area (Å²) >= 11 is 0. The monoisotopic (exact) mass is 350 g/mol. The van der Waals surface area contributed by atoms with Gasteiger partial charge in [0.2, 0.25) is 5.91 Å². The van der Waals surface area contributed by atoms with Gasteiger partial charge in [0.05, 0.1) is 13.2 Å². The number of nitrogens with zero attached hydrogens (tertiary/aromatic N) is 2. The number of aliphatic hydroxyl groups excluding tert-OH is 1. The lowest BCUT2D eigenvalue weighted by atomic mass is 9.87. The highest BCUT2D eigenvalue weighted by atomic mass is 16.5. The summed E-state index contributed by atoms with van der Waals surface area (Å²) in [6.07, 6.45) is 6.75. The number of hydrogen-bond acceptors (Lipinski definition) is 4. The Bertz CT molecular complexity index is 793. The number of likely N-dealkylation sites (tertiary alicyclic amines) is 1. The molecule has 26 heavy (non-hydrogen) atoms. The van der Waals surface area contributed by atoms with Crippen LogP contribution in [0.15, 0.2) is 60.9 Å². The number of β-amino-alcohol motifs (C(OH)–C–C–N with tert-alkyl or cyclic N) is 1. The zero-order valence-corrected chi connectivity index (χ0v) is 14.5. The Hall–Kier alpha value is -2.50. The molecule has 1 spiro atoms. The second-order valence-corrected chi connectivity index (χ2v) is 7.04. The first-order chi connectivity index (χ1) is 12.7. The summed E-state index contributed by atoms with van der Waals surface area (Å²) in [4.78, 5) is 18.2. The van der Waals surface area contributed by atoms with E-state index in [9.17, 15) is 9.90 Å². The molecule has 2 saturated heterocycles. The third-order valence-electron chi connectivity index (χ3n) is 5.31. The van der Waals surface area contributed by atoms with E-state index in [1.165, 1.54) is 11.6 Å². The Morgan fingerprint density at radius 2 is 2.12 bits per heavy atom. The number of carbonyl (C=O) groups is 1. The lowest BCUT2D eigenvalue weighted by Crippen LogP contribution is -2.41.